The number of rotatable bonds is 4. The van der Waals surface area contributed by atoms with Gasteiger partial charge in [-0.1, -0.05) is 18.2 Å². The van der Waals surface area contributed by atoms with Gasteiger partial charge >= 0.3 is 0 Å². The van der Waals surface area contributed by atoms with E-state index in [2.05, 4.69) is 38.3 Å². The first-order valence-electron chi connectivity index (χ1n) is 7.42. The van der Waals surface area contributed by atoms with Gasteiger partial charge in [-0.15, -0.1) is 0 Å². The number of nitriles is 1. The van der Waals surface area contributed by atoms with E-state index in [0.717, 1.165) is 28.7 Å². The molecule has 1 atom stereocenters. The summed E-state index contributed by atoms with van der Waals surface area (Å²) in [6.07, 6.45) is 14.6. The lowest BCUT2D eigenvalue weighted by atomic mass is 10.0. The molecule has 0 fully saturated rings. The maximum Gasteiger partial charge on any atom is 0.141 e. The Kier molecular flexibility index (Phi) is 3.24. The average Bonchev–Trinajstić information content (AvgIpc) is 3.32. The molecule has 112 valence electrons. The zero-order chi connectivity index (χ0) is 15.6. The Labute approximate surface area is 132 Å². The molecule has 0 aromatic carbocycles. The molecular weight excluding hydrogens is 288 g/mol. The lowest BCUT2D eigenvalue weighted by Gasteiger charge is -2.15. The molecule has 6 nitrogen and oxygen atoms in total. The number of hydrogen-bond acceptors (Lipinski definition) is 4. The second kappa shape index (κ2) is 5.54. The molecule has 0 radical (unpaired) electrons. The van der Waals surface area contributed by atoms with E-state index in [1.165, 1.54) is 5.57 Å². The Balaban J connectivity index is 1.73. The van der Waals surface area contributed by atoms with Crippen LogP contribution < -0.4 is 0 Å². The van der Waals surface area contributed by atoms with E-state index in [1.807, 2.05) is 29.2 Å². The highest BCUT2D eigenvalue weighted by atomic mass is 15.3. The Bertz CT molecular complexity index is 953. The first-order valence-corrected chi connectivity index (χ1v) is 7.42. The fourth-order valence-corrected chi connectivity index (χ4v) is 2.93. The van der Waals surface area contributed by atoms with Crippen molar-refractivity contribution in [3.8, 4) is 17.3 Å². The lowest BCUT2D eigenvalue weighted by Crippen LogP contribution is -2.11. The van der Waals surface area contributed by atoms with Crippen LogP contribution >= 0.6 is 0 Å². The van der Waals surface area contributed by atoms with Crippen LogP contribution in [0.4, 0.5) is 0 Å². The van der Waals surface area contributed by atoms with E-state index < -0.39 is 0 Å². The Morgan fingerprint density at radius 1 is 1.39 bits per heavy atom. The quantitative estimate of drug-likeness (QED) is 0.802. The van der Waals surface area contributed by atoms with Gasteiger partial charge in [0.15, 0.2) is 0 Å². The highest BCUT2D eigenvalue weighted by molar-refractivity contribution is 5.89. The minimum Gasteiger partial charge on any atom is -0.346 e. The zero-order valence-electron chi connectivity index (χ0n) is 12.3. The summed E-state index contributed by atoms with van der Waals surface area (Å²) in [5.74, 6) is 0. The predicted octanol–water partition coefficient (Wildman–Crippen LogP) is 3.16. The molecular formula is C17H14N6. The molecule has 0 amide bonds. The number of nitrogens with one attached hydrogen (secondary N) is 1. The first kappa shape index (κ1) is 13.5. The van der Waals surface area contributed by atoms with E-state index in [-0.39, 0.29) is 6.04 Å². The molecule has 4 rings (SSSR count). The first-order chi connectivity index (χ1) is 11.4. The molecule has 3 aromatic rings. The van der Waals surface area contributed by atoms with Gasteiger partial charge in [0.05, 0.1) is 30.4 Å². The summed E-state index contributed by atoms with van der Waals surface area (Å²) < 4.78 is 1.86. The molecule has 0 spiro atoms. The molecule has 0 unspecified atom stereocenters. The largest absolute Gasteiger partial charge is 0.346 e. The normalized spacial score (nSPS) is 14.8. The number of fused-ring (bicyclic) bond motifs is 1. The van der Waals surface area contributed by atoms with Crippen molar-refractivity contribution in [2.24, 2.45) is 0 Å². The zero-order valence-corrected chi connectivity index (χ0v) is 12.3. The Morgan fingerprint density at radius 3 is 3.17 bits per heavy atom. The number of aromatic nitrogens is 5. The SMILES string of the molecule is N#CC[C@H](C1=CC=CC1)n1cc(-c2ncnc3[nH]ccc23)cn1. The molecule has 3 heterocycles. The third kappa shape index (κ3) is 2.32. The lowest BCUT2D eigenvalue weighted by molar-refractivity contribution is 0.518. The van der Waals surface area contributed by atoms with E-state index in [0.29, 0.717) is 6.42 Å². The van der Waals surface area contributed by atoms with Crippen LogP contribution in [0.25, 0.3) is 22.3 Å². The van der Waals surface area contributed by atoms with Crippen LogP contribution in [0.15, 0.2) is 54.8 Å². The van der Waals surface area contributed by atoms with Crippen molar-refractivity contribution in [2.45, 2.75) is 18.9 Å². The van der Waals surface area contributed by atoms with Gasteiger partial charge in [-0.2, -0.15) is 10.4 Å². The summed E-state index contributed by atoms with van der Waals surface area (Å²) in [6, 6.07) is 4.18. The molecule has 23 heavy (non-hydrogen) atoms. The van der Waals surface area contributed by atoms with Crippen LogP contribution in [0.1, 0.15) is 18.9 Å². The number of aromatic amines is 1. The van der Waals surface area contributed by atoms with Gasteiger partial charge in [0, 0.05) is 23.3 Å². The van der Waals surface area contributed by atoms with Crippen LogP contribution in [-0.2, 0) is 0 Å². The second-order valence-electron chi connectivity index (χ2n) is 5.42. The summed E-state index contributed by atoms with van der Waals surface area (Å²) in [5, 5.41) is 14.6. The standard InChI is InChI=1S/C17H14N6/c18-7-5-15(12-3-1-2-4-12)23-10-13(9-22-23)16-14-6-8-19-17(14)21-11-20-16/h1-3,6,8-11,15H,4-5H2,(H,19,20,21)/t15-/m1/s1. The maximum atomic E-state index is 9.13. The summed E-state index contributed by atoms with van der Waals surface area (Å²) in [4.78, 5) is 11.7. The smallest absolute Gasteiger partial charge is 0.141 e. The van der Waals surface area contributed by atoms with Gasteiger partial charge in [-0.25, -0.2) is 9.97 Å². The monoisotopic (exact) mass is 302 g/mol. The van der Waals surface area contributed by atoms with Crippen LogP contribution in [0, 0.1) is 11.3 Å². The molecule has 0 saturated carbocycles. The van der Waals surface area contributed by atoms with Gasteiger partial charge in [-0.3, -0.25) is 4.68 Å². The van der Waals surface area contributed by atoms with Crippen LogP contribution in [-0.4, -0.2) is 24.7 Å². The fourth-order valence-electron chi connectivity index (χ4n) is 2.93. The minimum absolute atomic E-state index is 0.0349. The molecule has 3 aromatic heterocycles. The molecule has 0 saturated heterocycles. The van der Waals surface area contributed by atoms with Gasteiger partial charge < -0.3 is 4.98 Å². The van der Waals surface area contributed by atoms with Crippen molar-refractivity contribution in [3.05, 3.63) is 54.8 Å². The van der Waals surface area contributed by atoms with E-state index in [1.54, 1.807) is 12.5 Å². The number of hydrogen-bond donors (Lipinski definition) is 1. The second-order valence-corrected chi connectivity index (χ2v) is 5.42. The van der Waals surface area contributed by atoms with Crippen molar-refractivity contribution < 1.29 is 0 Å². The molecule has 0 aliphatic heterocycles. The summed E-state index contributed by atoms with van der Waals surface area (Å²) >= 11 is 0. The van der Waals surface area contributed by atoms with E-state index >= 15 is 0 Å². The average molecular weight is 302 g/mol. The molecule has 1 aliphatic carbocycles. The fraction of sp³-hybridized carbons (Fsp3) is 0.176. The molecule has 6 heteroatoms. The van der Waals surface area contributed by atoms with Crippen molar-refractivity contribution in [2.75, 3.05) is 0 Å². The van der Waals surface area contributed by atoms with Crippen LogP contribution in [0.3, 0.4) is 0 Å². The predicted molar refractivity (Wildman–Crippen MR) is 86.2 cm³/mol. The van der Waals surface area contributed by atoms with Crippen molar-refractivity contribution >= 4 is 11.0 Å². The summed E-state index contributed by atoms with van der Waals surface area (Å²) in [7, 11) is 0. The summed E-state index contributed by atoms with van der Waals surface area (Å²) in [6.45, 7) is 0. The summed E-state index contributed by atoms with van der Waals surface area (Å²) in [5.41, 5.74) is 3.78. The minimum atomic E-state index is -0.0349. The Hall–Kier alpha value is -3.20. The number of H-pyrrole nitrogens is 1. The maximum absolute atomic E-state index is 9.13. The third-order valence-corrected chi connectivity index (χ3v) is 4.06. The third-order valence-electron chi connectivity index (χ3n) is 4.06. The van der Waals surface area contributed by atoms with Crippen LogP contribution in [0.2, 0.25) is 0 Å². The molecule has 1 aliphatic rings. The van der Waals surface area contributed by atoms with E-state index in [9.17, 15) is 0 Å². The highest BCUT2D eigenvalue weighted by Gasteiger charge is 2.19. The van der Waals surface area contributed by atoms with Crippen molar-refractivity contribution in [1.29, 1.82) is 5.26 Å². The van der Waals surface area contributed by atoms with Gasteiger partial charge in [-0.05, 0) is 18.1 Å². The topological polar surface area (TPSA) is 83.2 Å². The number of allylic oxidation sites excluding steroid dienone is 4. The van der Waals surface area contributed by atoms with E-state index in [4.69, 9.17) is 5.26 Å². The van der Waals surface area contributed by atoms with Gasteiger partial charge in [0.25, 0.3) is 0 Å². The number of nitrogens with zero attached hydrogens (tertiary/aromatic N) is 5. The van der Waals surface area contributed by atoms with Crippen molar-refractivity contribution in [3.63, 3.8) is 0 Å². The molecule has 1 N–H and O–H groups in total. The Morgan fingerprint density at radius 2 is 2.35 bits per heavy atom. The van der Waals surface area contributed by atoms with Gasteiger partial charge in [0.1, 0.15) is 12.0 Å². The molecule has 0 bridgehead atoms. The van der Waals surface area contributed by atoms with Crippen molar-refractivity contribution in [1.82, 2.24) is 24.7 Å². The van der Waals surface area contributed by atoms with Crippen LogP contribution in [0.5, 0.6) is 0 Å². The highest BCUT2D eigenvalue weighted by Crippen LogP contribution is 2.30. The van der Waals surface area contributed by atoms with Gasteiger partial charge in [0.2, 0.25) is 0 Å².